The smallest absolute Gasteiger partial charge is 0.544 e. The van der Waals surface area contributed by atoms with E-state index in [0.717, 1.165) is 0 Å². The van der Waals surface area contributed by atoms with E-state index in [1.165, 1.54) is 49.1 Å². The van der Waals surface area contributed by atoms with Crippen LogP contribution in [-0.2, 0) is 9.59 Å². The number of nitrogens with one attached hydrogen (secondary N) is 2. The maximum Gasteiger partial charge on any atom is 2.00 e. The van der Waals surface area contributed by atoms with Crippen molar-refractivity contribution in [2.75, 3.05) is 0 Å². The molecule has 14 N–H and O–H groups in total. The number of aromatic nitrogens is 2. The fourth-order valence-corrected chi connectivity index (χ4v) is 1.42. The molecule has 19 heteroatoms. The third-order valence-corrected chi connectivity index (χ3v) is 2.56. The van der Waals surface area contributed by atoms with Crippen molar-refractivity contribution < 1.29 is 62.2 Å². The van der Waals surface area contributed by atoms with Gasteiger partial charge in [0.15, 0.2) is 0 Å². The number of carboxylic acid groups (broad SMARTS) is 2. The molecule has 2 heterocycles. The van der Waals surface area contributed by atoms with Crippen LogP contribution in [0, 0.1) is 0 Å². The summed E-state index contributed by atoms with van der Waals surface area (Å²) in [5, 5.41) is 26.1. The second-order valence-corrected chi connectivity index (χ2v) is 4.51. The molecule has 0 atom stereocenters. The number of pyridine rings is 2. The first-order valence-electron chi connectivity index (χ1n) is 7.29. The van der Waals surface area contributed by atoms with Crippen LogP contribution in [0.15, 0.2) is 59.3 Å². The van der Waals surface area contributed by atoms with E-state index in [0.29, 0.717) is 23.6 Å². The predicted octanol–water partition coefficient (Wildman–Crippen LogP) is -8.23. The number of hydrogen-bond acceptors (Lipinski definition) is 10. The number of rotatable bonds is 6. The summed E-state index contributed by atoms with van der Waals surface area (Å²) in [7, 11) is 0. The Labute approximate surface area is 226 Å². The molecule has 0 radical (unpaired) electrons. The molecule has 0 fully saturated rings. The van der Waals surface area contributed by atoms with Gasteiger partial charge in [0.2, 0.25) is 0 Å². The van der Waals surface area contributed by atoms with Gasteiger partial charge in [-0.15, -0.1) is 0 Å². The number of hydrogen-bond donors (Lipinski definition) is 2. The molecule has 18 nitrogen and oxygen atoms in total. The van der Waals surface area contributed by atoms with Gasteiger partial charge in [-0.2, -0.15) is 10.2 Å². The second-order valence-electron chi connectivity index (χ2n) is 4.51. The summed E-state index contributed by atoms with van der Waals surface area (Å²) in [5.74, 6) is -3.96. The van der Waals surface area contributed by atoms with E-state index >= 15 is 0 Å². The van der Waals surface area contributed by atoms with Crippen LogP contribution in [0.3, 0.4) is 0 Å². The zero-order valence-corrected chi connectivity index (χ0v) is 19.9. The molecule has 2 aromatic heterocycles. The largest absolute Gasteiger partial charge is 2.00 e. The topological polar surface area (TPSA) is 378 Å². The monoisotopic (exact) mass is 532 g/mol. The Morgan fingerprint density at radius 1 is 0.629 bits per heavy atom. The Hall–Kier alpha value is -3.46. The van der Waals surface area contributed by atoms with Crippen molar-refractivity contribution in [1.82, 2.24) is 20.8 Å². The predicted molar refractivity (Wildman–Crippen MR) is 118 cm³/mol. The second kappa shape index (κ2) is 28.6. The average Bonchev–Trinajstić information content (AvgIpc) is 2.69. The molecule has 0 aliphatic heterocycles. The van der Waals surface area contributed by atoms with E-state index in [1.807, 2.05) is 10.9 Å². The third-order valence-electron chi connectivity index (χ3n) is 2.56. The summed E-state index contributed by atoms with van der Waals surface area (Å²) < 4.78 is 0. The maximum atomic E-state index is 11.2. The Bertz CT molecular complexity index is 814. The zero-order chi connectivity index (χ0) is 20.8. The molecular formula is C16H24CaN6O12. The molecule has 0 aromatic carbocycles. The molecule has 0 saturated heterocycles. The van der Waals surface area contributed by atoms with Crippen molar-refractivity contribution >= 4 is 73.9 Å². The number of nitrogens with zero attached hydrogens (tertiary/aromatic N) is 4. The molecular weight excluding hydrogens is 508 g/mol. The van der Waals surface area contributed by atoms with E-state index in [-0.39, 0.29) is 70.6 Å². The van der Waals surface area contributed by atoms with Crippen LogP contribution in [0.2, 0.25) is 0 Å². The summed E-state index contributed by atoms with van der Waals surface area (Å²) in [5.41, 5.74) is 4.71. The first-order chi connectivity index (χ1) is 13.4. The summed E-state index contributed by atoms with van der Waals surface area (Å²) in [6, 6.07) is 5.90. The van der Waals surface area contributed by atoms with E-state index in [4.69, 9.17) is 0 Å². The summed E-state index contributed by atoms with van der Waals surface area (Å²) in [6.45, 7) is 0. The molecule has 0 aliphatic carbocycles. The molecule has 0 saturated carbocycles. The minimum atomic E-state index is -1.47. The Kier molecular flexibility index (Phi) is 39.9. The normalized spacial score (nSPS) is 8.00. The Balaban J connectivity index is -0.0000000747. The van der Waals surface area contributed by atoms with Crippen molar-refractivity contribution in [3.05, 3.63) is 60.2 Å². The molecule has 0 bridgehead atoms. The minimum Gasteiger partial charge on any atom is -0.544 e. The summed E-state index contributed by atoms with van der Waals surface area (Å²) in [6.07, 6.45) is 6.74. The molecule has 0 spiro atoms. The molecule has 0 unspecified atom stereocenters. The number of carboxylic acids is 2. The van der Waals surface area contributed by atoms with Crippen LogP contribution >= 0.6 is 0 Å². The van der Waals surface area contributed by atoms with Gasteiger partial charge in [0, 0.05) is 35.9 Å². The number of carbonyl (C=O) groups excluding carboxylic acids is 4. The van der Waals surface area contributed by atoms with Crippen molar-refractivity contribution in [2.24, 2.45) is 10.2 Å². The number of amides is 2. The number of hydrazone groups is 2. The Morgan fingerprint density at radius 2 is 0.886 bits per heavy atom. The molecule has 0 aliphatic rings. The van der Waals surface area contributed by atoms with Crippen LogP contribution in [0.25, 0.3) is 0 Å². The van der Waals surface area contributed by atoms with Gasteiger partial charge >= 0.3 is 37.7 Å². The quantitative estimate of drug-likeness (QED) is 0.204. The fraction of sp³-hybridized carbons (Fsp3) is 0. The van der Waals surface area contributed by atoms with E-state index in [2.05, 4.69) is 20.2 Å². The van der Waals surface area contributed by atoms with Crippen molar-refractivity contribution in [3.63, 3.8) is 0 Å². The van der Waals surface area contributed by atoms with E-state index in [1.54, 1.807) is 0 Å². The van der Waals surface area contributed by atoms with Gasteiger partial charge in [0.25, 0.3) is 11.8 Å². The first-order valence-corrected chi connectivity index (χ1v) is 7.29. The van der Waals surface area contributed by atoms with Crippen LogP contribution in [-0.4, -0.2) is 117 Å². The van der Waals surface area contributed by atoms with Gasteiger partial charge in [-0.3, -0.25) is 19.6 Å². The van der Waals surface area contributed by atoms with Crippen LogP contribution in [0.4, 0.5) is 0 Å². The van der Waals surface area contributed by atoms with Crippen LogP contribution in [0.5, 0.6) is 0 Å². The van der Waals surface area contributed by atoms with Gasteiger partial charge in [0.05, 0.1) is 24.4 Å². The molecule has 2 rings (SSSR count). The molecule has 192 valence electrons. The number of carbonyl (C=O) groups is 4. The van der Waals surface area contributed by atoms with Gasteiger partial charge in [-0.05, 0) is 24.3 Å². The SMILES string of the molecule is O.O.O.O.O.O.O=C([O-])/C=N/NC(=O)c1ccncc1.O=C([O-])/C=N/NC(=O)c1ccncc1.[Ca+2]. The fourth-order valence-electron chi connectivity index (χ4n) is 1.42. The van der Waals surface area contributed by atoms with Gasteiger partial charge in [-0.1, -0.05) is 0 Å². The van der Waals surface area contributed by atoms with Gasteiger partial charge in [-0.25, -0.2) is 10.9 Å². The molecule has 2 amide bonds. The standard InChI is InChI=1S/2C8H7N3O3.Ca.6H2O/c2*12-7(13)5-10-11-8(14)6-1-3-9-4-2-6;;;;;;;/h2*1-5H,(H,11,14)(H,12,13);;6*1H2/q;;+2;;;;;;/p-2/b2*10-5+;;;;;;;. The van der Waals surface area contributed by atoms with Gasteiger partial charge < -0.3 is 52.7 Å². The molecule has 2 aromatic rings. The van der Waals surface area contributed by atoms with E-state index in [9.17, 15) is 29.4 Å². The summed E-state index contributed by atoms with van der Waals surface area (Å²) in [4.78, 5) is 49.5. The van der Waals surface area contributed by atoms with Crippen molar-refractivity contribution in [1.29, 1.82) is 0 Å². The maximum absolute atomic E-state index is 11.2. The average molecular weight is 532 g/mol. The molecule has 35 heavy (non-hydrogen) atoms. The summed E-state index contributed by atoms with van der Waals surface area (Å²) >= 11 is 0. The zero-order valence-electron chi connectivity index (χ0n) is 17.7. The van der Waals surface area contributed by atoms with Crippen molar-refractivity contribution in [3.8, 4) is 0 Å². The van der Waals surface area contributed by atoms with Crippen LogP contribution < -0.4 is 21.1 Å². The minimum absolute atomic E-state index is 0. The van der Waals surface area contributed by atoms with Crippen LogP contribution in [0.1, 0.15) is 20.7 Å². The van der Waals surface area contributed by atoms with Gasteiger partial charge in [0.1, 0.15) is 0 Å². The van der Waals surface area contributed by atoms with E-state index < -0.39 is 23.8 Å². The number of aliphatic carboxylic acids is 2. The Morgan fingerprint density at radius 3 is 1.11 bits per heavy atom. The first kappa shape index (κ1) is 48.8. The third kappa shape index (κ3) is 23.5. The van der Waals surface area contributed by atoms with Crippen molar-refractivity contribution in [2.45, 2.75) is 0 Å².